The van der Waals surface area contributed by atoms with Crippen molar-refractivity contribution in [3.05, 3.63) is 69.0 Å². The third-order valence-electron chi connectivity index (χ3n) is 5.82. The van der Waals surface area contributed by atoms with Gasteiger partial charge in [-0.05, 0) is 57.2 Å². The second kappa shape index (κ2) is 8.86. The highest BCUT2D eigenvalue weighted by molar-refractivity contribution is 6.05. The highest BCUT2D eigenvalue weighted by Crippen LogP contribution is 2.38. The van der Waals surface area contributed by atoms with Crippen molar-refractivity contribution in [3.63, 3.8) is 0 Å². The molecule has 0 aliphatic heterocycles. The Labute approximate surface area is 186 Å². The molecule has 0 saturated carbocycles. The molecule has 3 aromatic rings. The lowest BCUT2D eigenvalue weighted by Crippen LogP contribution is -2.10. The van der Waals surface area contributed by atoms with E-state index >= 15 is 0 Å². The molecule has 0 atom stereocenters. The average Bonchev–Trinajstić information content (AvgIpc) is 3.12. The molecule has 1 N–H and O–H groups in total. The number of nitro benzene ring substituents is 1. The van der Waals surface area contributed by atoms with Crippen molar-refractivity contribution in [3.8, 4) is 5.75 Å². The summed E-state index contributed by atoms with van der Waals surface area (Å²) in [4.78, 5) is 23.3. The first-order valence-electron chi connectivity index (χ1n) is 10.8. The van der Waals surface area contributed by atoms with E-state index in [1.165, 1.54) is 23.8 Å². The van der Waals surface area contributed by atoms with Crippen LogP contribution in [0.4, 0.5) is 11.4 Å². The Hall–Kier alpha value is -3.61. The quantitative estimate of drug-likeness (QED) is 0.293. The molecule has 166 valence electrons. The number of benzene rings is 2. The van der Waals surface area contributed by atoms with Crippen molar-refractivity contribution in [2.24, 2.45) is 0 Å². The maximum Gasteiger partial charge on any atom is 0.271 e. The summed E-state index contributed by atoms with van der Waals surface area (Å²) in [6, 6.07) is 8.36. The first-order chi connectivity index (χ1) is 15.4. The molecule has 2 aromatic carbocycles. The van der Waals surface area contributed by atoms with Gasteiger partial charge in [-0.25, -0.2) is 0 Å². The van der Waals surface area contributed by atoms with E-state index in [4.69, 9.17) is 9.15 Å². The van der Waals surface area contributed by atoms with Crippen molar-refractivity contribution in [2.45, 2.75) is 46.5 Å². The van der Waals surface area contributed by atoms with Crippen LogP contribution in [0.15, 0.2) is 40.8 Å². The van der Waals surface area contributed by atoms with Gasteiger partial charge in [0.25, 0.3) is 5.69 Å². The van der Waals surface area contributed by atoms with E-state index < -0.39 is 4.92 Å². The summed E-state index contributed by atoms with van der Waals surface area (Å²) in [5.74, 6) is 1.36. The number of non-ortho nitro benzene ring substituents is 1. The third kappa shape index (κ3) is 4.23. The molecule has 7 nitrogen and oxygen atoms in total. The van der Waals surface area contributed by atoms with Crippen LogP contribution >= 0.6 is 0 Å². The predicted molar refractivity (Wildman–Crippen MR) is 124 cm³/mol. The van der Waals surface area contributed by atoms with Gasteiger partial charge in [0.1, 0.15) is 17.1 Å². The van der Waals surface area contributed by atoms with Gasteiger partial charge >= 0.3 is 0 Å². The number of allylic oxidation sites excluding steroid dienone is 1. The summed E-state index contributed by atoms with van der Waals surface area (Å²) >= 11 is 0. The molecule has 0 bridgehead atoms. The average molecular weight is 434 g/mol. The van der Waals surface area contributed by atoms with Crippen molar-refractivity contribution >= 4 is 33.8 Å². The number of carbonyl (C=O) groups is 1. The minimum atomic E-state index is -0.481. The Morgan fingerprint density at radius 1 is 1.25 bits per heavy atom. The lowest BCUT2D eigenvalue weighted by Gasteiger charge is -2.12. The molecule has 1 aromatic heterocycles. The number of nitrogens with zero attached hydrogens (tertiary/aromatic N) is 1. The van der Waals surface area contributed by atoms with Gasteiger partial charge in [0.2, 0.25) is 5.91 Å². The van der Waals surface area contributed by atoms with Gasteiger partial charge in [0.05, 0.1) is 17.2 Å². The summed E-state index contributed by atoms with van der Waals surface area (Å²) < 4.78 is 11.9. The molecule has 0 fully saturated rings. The van der Waals surface area contributed by atoms with E-state index in [9.17, 15) is 14.9 Å². The Morgan fingerprint density at radius 3 is 2.78 bits per heavy atom. The Morgan fingerprint density at radius 2 is 2.03 bits per heavy atom. The molecule has 1 aliphatic rings. The number of aryl methyl sites for hydroxylation is 3. The number of furan rings is 1. The number of hydrogen-bond acceptors (Lipinski definition) is 5. The van der Waals surface area contributed by atoms with Gasteiger partial charge in [0, 0.05) is 47.2 Å². The molecule has 0 radical (unpaired) electrons. The fourth-order valence-electron chi connectivity index (χ4n) is 4.17. The zero-order chi connectivity index (χ0) is 22.8. The maximum atomic E-state index is 12.7. The van der Waals surface area contributed by atoms with Crippen LogP contribution in [0, 0.1) is 17.0 Å². The van der Waals surface area contributed by atoms with Gasteiger partial charge in [-0.3, -0.25) is 14.9 Å². The summed E-state index contributed by atoms with van der Waals surface area (Å²) in [6.07, 6.45) is 5.71. The molecule has 1 heterocycles. The molecule has 32 heavy (non-hydrogen) atoms. The summed E-state index contributed by atoms with van der Waals surface area (Å²) in [7, 11) is 0. The van der Waals surface area contributed by atoms with Crippen LogP contribution in [-0.2, 0) is 17.6 Å². The Bertz CT molecular complexity index is 1240. The van der Waals surface area contributed by atoms with E-state index in [0.717, 1.165) is 59.1 Å². The Balaban J connectivity index is 1.68. The lowest BCUT2D eigenvalue weighted by atomic mass is 9.94. The molecule has 7 heteroatoms. The first kappa shape index (κ1) is 21.6. The van der Waals surface area contributed by atoms with Crippen molar-refractivity contribution in [2.75, 3.05) is 11.9 Å². The second-order valence-electron chi connectivity index (χ2n) is 8.06. The normalized spacial score (nSPS) is 13.7. The fraction of sp³-hybridized carbons (Fsp3) is 0.320. The van der Waals surface area contributed by atoms with Crippen molar-refractivity contribution < 1.29 is 18.9 Å². The van der Waals surface area contributed by atoms with Crippen LogP contribution in [0.5, 0.6) is 5.75 Å². The van der Waals surface area contributed by atoms with E-state index in [1.54, 1.807) is 13.0 Å². The number of nitrogens with one attached hydrogen (secondary N) is 1. The van der Waals surface area contributed by atoms with Crippen LogP contribution in [-0.4, -0.2) is 17.4 Å². The SMILES string of the molecule is CCOc1cc2oc3c(c2cc1/C(C)=C/C(=O)Nc1cc([N+](=O)[O-])ccc1C)CCCC3. The van der Waals surface area contributed by atoms with E-state index in [-0.39, 0.29) is 11.6 Å². The van der Waals surface area contributed by atoms with Crippen LogP contribution in [0.1, 0.15) is 49.1 Å². The van der Waals surface area contributed by atoms with Crippen molar-refractivity contribution in [1.29, 1.82) is 0 Å². The van der Waals surface area contributed by atoms with Gasteiger partial charge < -0.3 is 14.5 Å². The van der Waals surface area contributed by atoms with Gasteiger partial charge in [0.15, 0.2) is 0 Å². The number of hydrogen-bond donors (Lipinski definition) is 1. The highest BCUT2D eigenvalue weighted by Gasteiger charge is 2.20. The van der Waals surface area contributed by atoms with Gasteiger partial charge in [-0.1, -0.05) is 6.07 Å². The number of ether oxygens (including phenoxy) is 1. The van der Waals surface area contributed by atoms with Crippen LogP contribution in [0.3, 0.4) is 0 Å². The largest absolute Gasteiger partial charge is 0.493 e. The molecule has 0 unspecified atom stereocenters. The monoisotopic (exact) mass is 434 g/mol. The molecular weight excluding hydrogens is 408 g/mol. The summed E-state index contributed by atoms with van der Waals surface area (Å²) in [5, 5.41) is 14.9. The Kier molecular flexibility index (Phi) is 5.99. The molecule has 1 aliphatic carbocycles. The smallest absolute Gasteiger partial charge is 0.271 e. The number of amides is 1. The standard InChI is InChI=1S/C25H26N2O5/c1-4-31-23-14-24-20(18-7-5-6-8-22(18)32-24)13-19(23)16(3)11-25(28)26-21-12-17(27(29)30)10-9-15(21)2/h9-14H,4-8H2,1-3H3,(H,26,28)/b16-11+. The number of rotatable bonds is 6. The fourth-order valence-corrected chi connectivity index (χ4v) is 4.17. The van der Waals surface area contributed by atoms with Gasteiger partial charge in [-0.15, -0.1) is 0 Å². The number of carbonyl (C=O) groups excluding carboxylic acids is 1. The van der Waals surface area contributed by atoms with E-state index in [2.05, 4.69) is 5.32 Å². The summed E-state index contributed by atoms with van der Waals surface area (Å²) in [5.41, 5.74) is 4.73. The van der Waals surface area contributed by atoms with Crippen LogP contribution in [0.2, 0.25) is 0 Å². The number of anilines is 1. The second-order valence-corrected chi connectivity index (χ2v) is 8.06. The van der Waals surface area contributed by atoms with Crippen molar-refractivity contribution in [1.82, 2.24) is 0 Å². The minimum Gasteiger partial charge on any atom is -0.493 e. The topological polar surface area (TPSA) is 94.6 Å². The highest BCUT2D eigenvalue weighted by atomic mass is 16.6. The molecule has 0 spiro atoms. The van der Waals surface area contributed by atoms with E-state index in [0.29, 0.717) is 18.0 Å². The zero-order valence-corrected chi connectivity index (χ0v) is 18.5. The lowest BCUT2D eigenvalue weighted by molar-refractivity contribution is -0.384. The molecule has 1 amide bonds. The maximum absolute atomic E-state index is 12.7. The molecule has 4 rings (SSSR count). The van der Waals surface area contributed by atoms with Crippen LogP contribution < -0.4 is 10.1 Å². The van der Waals surface area contributed by atoms with Gasteiger partial charge in [-0.2, -0.15) is 0 Å². The molecule has 0 saturated heterocycles. The third-order valence-corrected chi connectivity index (χ3v) is 5.82. The van der Waals surface area contributed by atoms with E-state index in [1.807, 2.05) is 26.0 Å². The summed E-state index contributed by atoms with van der Waals surface area (Å²) in [6.45, 7) is 6.05. The van der Waals surface area contributed by atoms with Crippen LogP contribution in [0.25, 0.3) is 16.5 Å². The predicted octanol–water partition coefficient (Wildman–Crippen LogP) is 5.97. The number of nitro groups is 1. The minimum absolute atomic E-state index is 0.0691. The number of fused-ring (bicyclic) bond motifs is 3. The first-order valence-corrected chi connectivity index (χ1v) is 10.8. The molecular formula is C25H26N2O5. The zero-order valence-electron chi connectivity index (χ0n) is 18.5.